The van der Waals surface area contributed by atoms with Crippen LogP contribution in [0.4, 0.5) is 0 Å². The first kappa shape index (κ1) is 14.0. The van der Waals surface area contributed by atoms with Crippen molar-refractivity contribution >= 4 is 17.5 Å². The quantitative estimate of drug-likeness (QED) is 0.766. The van der Waals surface area contributed by atoms with E-state index in [0.29, 0.717) is 11.4 Å². The highest BCUT2D eigenvalue weighted by atomic mass is 35.5. The van der Waals surface area contributed by atoms with Crippen LogP contribution >= 0.6 is 11.6 Å². The lowest BCUT2D eigenvalue weighted by Gasteiger charge is -2.15. The maximum atomic E-state index is 11.6. The van der Waals surface area contributed by atoms with E-state index in [0.717, 1.165) is 18.5 Å². The number of rotatable bonds is 6. The molecule has 0 spiro atoms. The van der Waals surface area contributed by atoms with Crippen LogP contribution in [-0.4, -0.2) is 19.5 Å². The van der Waals surface area contributed by atoms with Crippen LogP contribution in [0.3, 0.4) is 0 Å². The fraction of sp³-hybridized carbons (Fsp3) is 0.462. The highest BCUT2D eigenvalue weighted by molar-refractivity contribution is 6.31. The second-order valence-corrected chi connectivity index (χ2v) is 4.43. The van der Waals surface area contributed by atoms with Crippen LogP contribution in [0.5, 0.6) is 0 Å². The molecule has 94 valence electrons. The van der Waals surface area contributed by atoms with Crippen molar-refractivity contribution < 1.29 is 4.79 Å². The van der Waals surface area contributed by atoms with Gasteiger partial charge in [0.25, 0.3) is 0 Å². The van der Waals surface area contributed by atoms with Crippen LogP contribution in [0.15, 0.2) is 24.3 Å². The Bertz CT molecular complexity index is 368. The Kier molecular flexibility index (Phi) is 6.01. The minimum absolute atomic E-state index is 0.0502. The first-order chi connectivity index (χ1) is 8.15. The van der Waals surface area contributed by atoms with E-state index in [-0.39, 0.29) is 11.9 Å². The van der Waals surface area contributed by atoms with Gasteiger partial charge in [-0.15, -0.1) is 0 Å². The van der Waals surface area contributed by atoms with Gasteiger partial charge in [-0.2, -0.15) is 0 Å². The van der Waals surface area contributed by atoms with E-state index < -0.39 is 0 Å². The maximum Gasteiger partial charge on any atom is 0.220 e. The van der Waals surface area contributed by atoms with Crippen molar-refractivity contribution in [3.8, 4) is 0 Å². The van der Waals surface area contributed by atoms with Gasteiger partial charge in [0.1, 0.15) is 0 Å². The number of carbonyl (C=O) groups excluding carboxylic acids is 1. The van der Waals surface area contributed by atoms with Crippen LogP contribution < -0.4 is 10.6 Å². The number of benzene rings is 1. The van der Waals surface area contributed by atoms with Gasteiger partial charge in [-0.05, 0) is 38.6 Å². The molecule has 2 N–H and O–H groups in total. The van der Waals surface area contributed by atoms with Crippen molar-refractivity contribution in [2.45, 2.75) is 25.8 Å². The minimum Gasteiger partial charge on any atom is -0.350 e. The molecular formula is C13H19ClN2O. The molecule has 1 atom stereocenters. The zero-order valence-electron chi connectivity index (χ0n) is 10.3. The Morgan fingerprint density at radius 1 is 1.41 bits per heavy atom. The number of amides is 1. The number of nitrogens with one attached hydrogen (secondary N) is 2. The van der Waals surface area contributed by atoms with Crippen LogP contribution in [-0.2, 0) is 4.79 Å². The summed E-state index contributed by atoms with van der Waals surface area (Å²) in [4.78, 5) is 11.6. The second-order valence-electron chi connectivity index (χ2n) is 4.02. The van der Waals surface area contributed by atoms with Crippen molar-refractivity contribution in [2.24, 2.45) is 0 Å². The molecular weight excluding hydrogens is 236 g/mol. The van der Waals surface area contributed by atoms with Crippen molar-refractivity contribution in [3.05, 3.63) is 34.9 Å². The Morgan fingerprint density at radius 2 is 2.12 bits per heavy atom. The summed E-state index contributed by atoms with van der Waals surface area (Å²) in [5.41, 5.74) is 0.955. The summed E-state index contributed by atoms with van der Waals surface area (Å²) < 4.78 is 0. The molecule has 17 heavy (non-hydrogen) atoms. The zero-order chi connectivity index (χ0) is 12.7. The van der Waals surface area contributed by atoms with E-state index in [1.807, 2.05) is 38.2 Å². The summed E-state index contributed by atoms with van der Waals surface area (Å²) >= 11 is 6.07. The third kappa shape index (κ3) is 4.75. The molecule has 0 aliphatic heterocycles. The predicted molar refractivity (Wildman–Crippen MR) is 71.2 cm³/mol. The predicted octanol–water partition coefficient (Wildman–Crippen LogP) is 2.52. The van der Waals surface area contributed by atoms with E-state index in [1.165, 1.54) is 0 Å². The lowest BCUT2D eigenvalue weighted by atomic mass is 10.1. The molecule has 0 aliphatic carbocycles. The molecule has 1 rings (SSSR count). The summed E-state index contributed by atoms with van der Waals surface area (Å²) in [7, 11) is 1.88. The van der Waals surface area contributed by atoms with Crippen LogP contribution in [0.1, 0.15) is 31.4 Å². The number of hydrogen-bond acceptors (Lipinski definition) is 2. The molecule has 0 saturated carbocycles. The van der Waals surface area contributed by atoms with E-state index in [2.05, 4.69) is 10.6 Å². The average Bonchev–Trinajstić information content (AvgIpc) is 2.29. The molecule has 4 heteroatoms. The molecule has 0 saturated heterocycles. The summed E-state index contributed by atoms with van der Waals surface area (Å²) in [6.07, 6.45) is 1.38. The number of carbonyl (C=O) groups is 1. The third-order valence-corrected chi connectivity index (χ3v) is 2.92. The van der Waals surface area contributed by atoms with E-state index >= 15 is 0 Å². The van der Waals surface area contributed by atoms with E-state index in [9.17, 15) is 4.79 Å². The topological polar surface area (TPSA) is 41.1 Å². The molecule has 0 aliphatic rings. The van der Waals surface area contributed by atoms with Crippen molar-refractivity contribution in [1.82, 2.24) is 10.6 Å². The highest BCUT2D eigenvalue weighted by Crippen LogP contribution is 2.22. The Morgan fingerprint density at radius 3 is 2.76 bits per heavy atom. The summed E-state index contributed by atoms with van der Waals surface area (Å²) in [6, 6.07) is 7.52. The Labute approximate surface area is 108 Å². The van der Waals surface area contributed by atoms with Gasteiger partial charge in [0.2, 0.25) is 5.91 Å². The lowest BCUT2D eigenvalue weighted by molar-refractivity contribution is -0.121. The van der Waals surface area contributed by atoms with Gasteiger partial charge in [-0.3, -0.25) is 4.79 Å². The van der Waals surface area contributed by atoms with E-state index in [1.54, 1.807) is 0 Å². The fourth-order valence-electron chi connectivity index (χ4n) is 1.64. The molecule has 1 aromatic rings. The van der Waals surface area contributed by atoms with Crippen LogP contribution in [0.25, 0.3) is 0 Å². The SMILES string of the molecule is CNCCCC(=O)NC(C)c1ccccc1Cl. The molecule has 3 nitrogen and oxygen atoms in total. The molecule has 1 amide bonds. The van der Waals surface area contributed by atoms with Crippen LogP contribution in [0, 0.1) is 0 Å². The molecule has 0 bridgehead atoms. The summed E-state index contributed by atoms with van der Waals surface area (Å²) in [5, 5.41) is 6.65. The number of halogens is 1. The number of hydrogen-bond donors (Lipinski definition) is 2. The molecule has 0 heterocycles. The van der Waals surface area contributed by atoms with Crippen molar-refractivity contribution in [3.63, 3.8) is 0 Å². The highest BCUT2D eigenvalue weighted by Gasteiger charge is 2.11. The molecule has 0 fully saturated rings. The second kappa shape index (κ2) is 7.30. The lowest BCUT2D eigenvalue weighted by Crippen LogP contribution is -2.27. The smallest absolute Gasteiger partial charge is 0.220 e. The summed E-state index contributed by atoms with van der Waals surface area (Å²) in [5.74, 6) is 0.0627. The van der Waals surface area contributed by atoms with Gasteiger partial charge in [-0.1, -0.05) is 29.8 Å². The largest absolute Gasteiger partial charge is 0.350 e. The Hall–Kier alpha value is -1.06. The molecule has 1 aromatic carbocycles. The first-order valence-electron chi connectivity index (χ1n) is 5.83. The van der Waals surface area contributed by atoms with Crippen LogP contribution in [0.2, 0.25) is 5.02 Å². The molecule has 0 aromatic heterocycles. The first-order valence-corrected chi connectivity index (χ1v) is 6.21. The van der Waals surface area contributed by atoms with Crippen molar-refractivity contribution in [1.29, 1.82) is 0 Å². The van der Waals surface area contributed by atoms with E-state index in [4.69, 9.17) is 11.6 Å². The van der Waals surface area contributed by atoms with Gasteiger partial charge in [0.05, 0.1) is 6.04 Å². The van der Waals surface area contributed by atoms with Crippen molar-refractivity contribution in [2.75, 3.05) is 13.6 Å². The zero-order valence-corrected chi connectivity index (χ0v) is 11.1. The standard InChI is InChI=1S/C13H19ClN2O/c1-10(11-6-3-4-7-12(11)14)16-13(17)8-5-9-15-2/h3-4,6-7,10,15H,5,8-9H2,1-2H3,(H,16,17). The van der Waals surface area contributed by atoms with Gasteiger partial charge in [0, 0.05) is 11.4 Å². The molecule has 1 unspecified atom stereocenters. The van der Waals surface area contributed by atoms with Gasteiger partial charge >= 0.3 is 0 Å². The Balaban J connectivity index is 2.46. The summed E-state index contributed by atoms with van der Waals surface area (Å²) in [6.45, 7) is 2.80. The fourth-order valence-corrected chi connectivity index (χ4v) is 1.94. The van der Waals surface area contributed by atoms with Gasteiger partial charge in [0.15, 0.2) is 0 Å². The molecule has 0 radical (unpaired) electrons. The van der Waals surface area contributed by atoms with Gasteiger partial charge in [-0.25, -0.2) is 0 Å². The van der Waals surface area contributed by atoms with Gasteiger partial charge < -0.3 is 10.6 Å². The third-order valence-electron chi connectivity index (χ3n) is 2.58. The normalized spacial score (nSPS) is 12.2. The maximum absolute atomic E-state index is 11.6. The minimum atomic E-state index is -0.0502. The average molecular weight is 255 g/mol. The monoisotopic (exact) mass is 254 g/mol.